The molecule has 2 amide bonds. The Bertz CT molecular complexity index is 1180. The lowest BCUT2D eigenvalue weighted by Gasteiger charge is -2.14. The van der Waals surface area contributed by atoms with E-state index in [4.69, 9.17) is 9.15 Å². The van der Waals surface area contributed by atoms with Gasteiger partial charge in [0.1, 0.15) is 11.3 Å². The van der Waals surface area contributed by atoms with Crippen molar-refractivity contribution < 1.29 is 28.3 Å². The van der Waals surface area contributed by atoms with Crippen molar-refractivity contribution in [1.82, 2.24) is 5.32 Å². The Morgan fingerprint density at radius 2 is 1.73 bits per heavy atom. The summed E-state index contributed by atoms with van der Waals surface area (Å²) in [7, 11) is 1.10. The van der Waals surface area contributed by atoms with Gasteiger partial charge in [0, 0.05) is 11.1 Å². The van der Waals surface area contributed by atoms with Crippen LogP contribution in [0.4, 0.5) is 4.79 Å². The summed E-state index contributed by atoms with van der Waals surface area (Å²) in [6.45, 7) is 2.95. The highest BCUT2D eigenvalue weighted by Gasteiger charge is 2.24. The highest BCUT2D eigenvalue weighted by Crippen LogP contribution is 2.27. The topological polar surface area (TPSA) is 112 Å². The van der Waals surface area contributed by atoms with E-state index in [1.54, 1.807) is 37.3 Å². The van der Waals surface area contributed by atoms with Crippen molar-refractivity contribution >= 4 is 28.9 Å². The van der Waals surface area contributed by atoms with E-state index in [1.807, 2.05) is 11.4 Å². The molecule has 0 aliphatic carbocycles. The zero-order valence-corrected chi connectivity index (χ0v) is 16.6. The van der Waals surface area contributed by atoms with Crippen LogP contribution in [0.25, 0.3) is 22.3 Å². The summed E-state index contributed by atoms with van der Waals surface area (Å²) in [6.07, 6.45) is -2.25. The monoisotopic (exact) mass is 409 g/mol. The molecule has 1 heterocycles. The zero-order chi connectivity index (χ0) is 21.8. The largest absolute Gasteiger partial charge is 0.455 e. The number of amides is 2. The quantitative estimate of drug-likeness (QED) is 0.659. The molecule has 8 nitrogen and oxygen atoms in total. The van der Waals surface area contributed by atoms with Gasteiger partial charge in [-0.25, -0.2) is 9.59 Å². The van der Waals surface area contributed by atoms with Crippen LogP contribution in [0.5, 0.6) is 0 Å². The number of hydrogen-bond donors (Lipinski definition) is 1. The number of methoxy groups -OCH3 is 1. The molecule has 0 unspecified atom stereocenters. The molecular weight excluding hydrogens is 390 g/mol. The lowest BCUT2D eigenvalue weighted by molar-refractivity contribution is -0.128. The van der Waals surface area contributed by atoms with Gasteiger partial charge in [-0.1, -0.05) is 36.4 Å². The van der Waals surface area contributed by atoms with Crippen LogP contribution in [0.2, 0.25) is 0 Å². The Hall–Kier alpha value is -3.94. The van der Waals surface area contributed by atoms with Gasteiger partial charge in [-0.2, -0.15) is 0 Å². The van der Waals surface area contributed by atoms with Gasteiger partial charge in [0.05, 0.1) is 12.5 Å². The van der Waals surface area contributed by atoms with Crippen LogP contribution in [0.1, 0.15) is 22.8 Å². The summed E-state index contributed by atoms with van der Waals surface area (Å²) in [6, 6.07) is 13.5. The highest BCUT2D eigenvalue weighted by atomic mass is 16.6. The lowest BCUT2D eigenvalue weighted by Crippen LogP contribution is -2.39. The van der Waals surface area contributed by atoms with Gasteiger partial charge in [-0.05, 0) is 26.0 Å². The molecular formula is C22H19NO7. The van der Waals surface area contributed by atoms with Crippen molar-refractivity contribution in [2.75, 3.05) is 7.11 Å². The minimum atomic E-state index is -1.28. The second kappa shape index (κ2) is 8.60. The fraction of sp³-hybridized carbons (Fsp3) is 0.182. The van der Waals surface area contributed by atoms with Crippen LogP contribution in [-0.2, 0) is 14.3 Å². The average molecular weight is 409 g/mol. The maximum Gasteiger partial charge on any atom is 0.413 e. The van der Waals surface area contributed by atoms with E-state index in [2.05, 4.69) is 4.74 Å². The van der Waals surface area contributed by atoms with E-state index < -0.39 is 24.1 Å². The van der Waals surface area contributed by atoms with Gasteiger partial charge >= 0.3 is 12.1 Å². The Morgan fingerprint density at radius 3 is 2.40 bits per heavy atom. The van der Waals surface area contributed by atoms with Gasteiger partial charge in [0.15, 0.2) is 17.1 Å². The van der Waals surface area contributed by atoms with Crippen molar-refractivity contribution in [3.8, 4) is 11.3 Å². The normalized spacial score (nSPS) is 11.6. The molecule has 0 aliphatic rings. The maximum atomic E-state index is 12.9. The minimum absolute atomic E-state index is 0.0144. The number of rotatable bonds is 4. The Kier molecular flexibility index (Phi) is 5.96. The summed E-state index contributed by atoms with van der Waals surface area (Å²) in [5.41, 5.74) is 0.853. The van der Waals surface area contributed by atoms with Gasteiger partial charge in [0.25, 0.3) is 5.91 Å². The maximum absolute atomic E-state index is 12.9. The Labute approximate surface area is 171 Å². The van der Waals surface area contributed by atoms with E-state index >= 15 is 0 Å². The first-order chi connectivity index (χ1) is 14.3. The van der Waals surface area contributed by atoms with E-state index in [0.29, 0.717) is 16.9 Å². The summed E-state index contributed by atoms with van der Waals surface area (Å²) in [5.74, 6) is -1.39. The van der Waals surface area contributed by atoms with Crippen molar-refractivity contribution in [2.24, 2.45) is 0 Å². The fourth-order valence-corrected chi connectivity index (χ4v) is 2.87. The fourth-order valence-electron chi connectivity index (χ4n) is 2.87. The molecule has 30 heavy (non-hydrogen) atoms. The molecule has 1 N–H and O–H groups in total. The molecule has 0 bridgehead atoms. The zero-order valence-electron chi connectivity index (χ0n) is 16.6. The molecule has 3 aromatic rings. The molecule has 0 radical (unpaired) electrons. The first-order valence-electron chi connectivity index (χ1n) is 9.05. The van der Waals surface area contributed by atoms with E-state index in [0.717, 1.165) is 7.11 Å². The molecule has 154 valence electrons. The third-order valence-electron chi connectivity index (χ3n) is 4.46. The van der Waals surface area contributed by atoms with Crippen LogP contribution in [-0.4, -0.2) is 31.2 Å². The molecule has 8 heteroatoms. The summed E-state index contributed by atoms with van der Waals surface area (Å²) in [5, 5.41) is 2.14. The van der Waals surface area contributed by atoms with Gasteiger partial charge in [-0.3, -0.25) is 14.9 Å². The number of nitrogens with one attached hydrogen (secondary N) is 1. The molecule has 0 spiro atoms. The molecule has 0 aliphatic heterocycles. The van der Waals surface area contributed by atoms with E-state index in [9.17, 15) is 19.2 Å². The number of hydrogen-bond acceptors (Lipinski definition) is 7. The molecule has 1 aromatic heterocycles. The number of alkyl carbamates (subject to hydrolysis) is 1. The second-order valence-electron chi connectivity index (χ2n) is 6.46. The average Bonchev–Trinajstić information content (AvgIpc) is 2.76. The number of para-hydroxylation sites is 1. The minimum Gasteiger partial charge on any atom is -0.455 e. The highest BCUT2D eigenvalue weighted by molar-refractivity contribution is 6.03. The summed E-state index contributed by atoms with van der Waals surface area (Å²) < 4.78 is 15.4. The molecule has 0 fully saturated rings. The predicted octanol–water partition coefficient (Wildman–Crippen LogP) is 3.20. The number of imide groups is 1. The number of ether oxygens (including phenoxy) is 2. The van der Waals surface area contributed by atoms with E-state index in [1.165, 1.54) is 19.1 Å². The molecule has 2 aromatic carbocycles. The first-order valence-corrected chi connectivity index (χ1v) is 9.05. The van der Waals surface area contributed by atoms with Gasteiger partial charge in [-0.15, -0.1) is 0 Å². The van der Waals surface area contributed by atoms with Crippen LogP contribution >= 0.6 is 0 Å². The van der Waals surface area contributed by atoms with Crippen LogP contribution in [0.3, 0.4) is 0 Å². The Morgan fingerprint density at radius 1 is 1.03 bits per heavy atom. The predicted molar refractivity (Wildman–Crippen MR) is 108 cm³/mol. The SMILES string of the molecule is COC(=O)NC(=O)[C@H](C)OC(=O)c1cccc2c(=O)c(C)c(-c3ccccc3)oc12. The van der Waals surface area contributed by atoms with Crippen molar-refractivity contribution in [1.29, 1.82) is 0 Å². The van der Waals surface area contributed by atoms with Crippen molar-refractivity contribution in [3.63, 3.8) is 0 Å². The molecule has 1 atom stereocenters. The Balaban J connectivity index is 2.01. The van der Waals surface area contributed by atoms with Gasteiger partial charge in [0.2, 0.25) is 0 Å². The molecule has 0 saturated carbocycles. The van der Waals surface area contributed by atoms with Crippen LogP contribution in [0, 0.1) is 6.92 Å². The standard InChI is InChI=1S/C22H19NO7/c1-12-17(24)15-10-7-11-16(19(15)30-18(12)14-8-5-4-6-9-14)21(26)29-13(2)20(25)23-22(27)28-3/h4-11,13H,1-3H3,(H,23,25,27)/t13-/m0/s1. The van der Waals surface area contributed by atoms with Crippen LogP contribution in [0.15, 0.2) is 57.7 Å². The lowest BCUT2D eigenvalue weighted by atomic mass is 10.0. The number of fused-ring (bicyclic) bond motifs is 1. The molecule has 3 rings (SSSR count). The molecule has 0 saturated heterocycles. The van der Waals surface area contributed by atoms with Crippen molar-refractivity contribution in [3.05, 3.63) is 69.9 Å². The van der Waals surface area contributed by atoms with Crippen molar-refractivity contribution in [2.45, 2.75) is 20.0 Å². The van der Waals surface area contributed by atoms with Crippen LogP contribution < -0.4 is 10.7 Å². The second-order valence-corrected chi connectivity index (χ2v) is 6.46. The third kappa shape index (κ3) is 4.07. The third-order valence-corrected chi connectivity index (χ3v) is 4.46. The number of benzene rings is 2. The van der Waals surface area contributed by atoms with E-state index in [-0.39, 0.29) is 22.0 Å². The summed E-state index contributed by atoms with van der Waals surface area (Å²) >= 11 is 0. The smallest absolute Gasteiger partial charge is 0.413 e. The van der Waals surface area contributed by atoms with Gasteiger partial charge < -0.3 is 13.9 Å². The number of carbonyl (C=O) groups is 3. The number of carbonyl (C=O) groups excluding carboxylic acids is 3. The number of esters is 1. The first kappa shape index (κ1) is 20.8. The summed E-state index contributed by atoms with van der Waals surface area (Å²) in [4.78, 5) is 48.6.